The smallest absolute Gasteiger partial charge is 0.330 e. The second-order valence-corrected chi connectivity index (χ2v) is 2.68. The summed E-state index contributed by atoms with van der Waals surface area (Å²) in [4.78, 5) is 10.7. The number of rotatable bonds is 5. The monoisotopic (exact) mass is 172 g/mol. The standard InChI is InChI=1S/C9H16O3/c1-3-12-9(11)6-4-5-8(2)7-10/h4,6,8,10H,3,5,7H2,1-2H3/b6-4-/t8-/m0/s1. The molecule has 0 rings (SSSR count). The van der Waals surface area contributed by atoms with Crippen molar-refractivity contribution in [2.24, 2.45) is 5.92 Å². The van der Waals surface area contributed by atoms with E-state index >= 15 is 0 Å². The van der Waals surface area contributed by atoms with Gasteiger partial charge in [0.05, 0.1) is 6.61 Å². The molecule has 0 saturated heterocycles. The Balaban J connectivity index is 3.54. The van der Waals surface area contributed by atoms with Crippen LogP contribution in [0.2, 0.25) is 0 Å². The maximum Gasteiger partial charge on any atom is 0.330 e. The molecule has 1 atom stereocenters. The minimum atomic E-state index is -0.317. The lowest BCUT2D eigenvalue weighted by Gasteiger charge is -2.01. The summed E-state index contributed by atoms with van der Waals surface area (Å²) in [5.41, 5.74) is 0. The molecule has 0 aliphatic heterocycles. The average molecular weight is 172 g/mol. The largest absolute Gasteiger partial charge is 0.463 e. The number of aliphatic hydroxyl groups is 1. The molecule has 3 nitrogen and oxygen atoms in total. The lowest BCUT2D eigenvalue weighted by Crippen LogP contribution is -2.01. The number of allylic oxidation sites excluding steroid dienone is 1. The zero-order chi connectivity index (χ0) is 9.40. The third-order valence-corrected chi connectivity index (χ3v) is 1.39. The Morgan fingerprint density at radius 2 is 2.33 bits per heavy atom. The predicted molar refractivity (Wildman–Crippen MR) is 46.6 cm³/mol. The molecule has 0 aromatic rings. The predicted octanol–water partition coefficient (Wildman–Crippen LogP) is 1.12. The molecule has 3 heteroatoms. The Bertz CT molecular complexity index is 152. The summed E-state index contributed by atoms with van der Waals surface area (Å²) < 4.78 is 4.67. The molecule has 0 aliphatic carbocycles. The van der Waals surface area contributed by atoms with Gasteiger partial charge in [-0.05, 0) is 19.3 Å². The van der Waals surface area contributed by atoms with Crippen LogP contribution in [0, 0.1) is 5.92 Å². The molecule has 0 unspecified atom stereocenters. The highest BCUT2D eigenvalue weighted by molar-refractivity contribution is 5.81. The highest BCUT2D eigenvalue weighted by Crippen LogP contribution is 2.00. The first kappa shape index (κ1) is 11.2. The highest BCUT2D eigenvalue weighted by atomic mass is 16.5. The lowest BCUT2D eigenvalue weighted by atomic mass is 10.1. The van der Waals surface area contributed by atoms with Crippen molar-refractivity contribution in [2.75, 3.05) is 13.2 Å². The first-order chi connectivity index (χ1) is 5.70. The van der Waals surface area contributed by atoms with E-state index in [9.17, 15) is 4.79 Å². The second-order valence-electron chi connectivity index (χ2n) is 2.68. The summed E-state index contributed by atoms with van der Waals surface area (Å²) in [6.45, 7) is 4.23. The van der Waals surface area contributed by atoms with Crippen molar-refractivity contribution in [1.82, 2.24) is 0 Å². The number of aliphatic hydroxyl groups excluding tert-OH is 1. The van der Waals surface area contributed by atoms with Gasteiger partial charge in [-0.3, -0.25) is 0 Å². The Labute approximate surface area is 73.0 Å². The fourth-order valence-electron chi connectivity index (χ4n) is 0.661. The molecule has 1 N–H and O–H groups in total. The molecule has 0 aromatic carbocycles. The van der Waals surface area contributed by atoms with Crippen molar-refractivity contribution in [3.8, 4) is 0 Å². The van der Waals surface area contributed by atoms with Gasteiger partial charge in [-0.2, -0.15) is 0 Å². The summed E-state index contributed by atoms with van der Waals surface area (Å²) in [5, 5.41) is 8.65. The van der Waals surface area contributed by atoms with Crippen LogP contribution in [0.1, 0.15) is 20.3 Å². The molecule has 0 radical (unpaired) electrons. The molecule has 0 saturated carbocycles. The molecular formula is C9H16O3. The van der Waals surface area contributed by atoms with Crippen LogP contribution in [0.4, 0.5) is 0 Å². The van der Waals surface area contributed by atoms with Gasteiger partial charge in [0.1, 0.15) is 0 Å². The van der Waals surface area contributed by atoms with Crippen molar-refractivity contribution in [3.05, 3.63) is 12.2 Å². The van der Waals surface area contributed by atoms with Crippen LogP contribution in [0.5, 0.6) is 0 Å². The number of ether oxygens (including phenoxy) is 1. The van der Waals surface area contributed by atoms with Crippen LogP contribution >= 0.6 is 0 Å². The van der Waals surface area contributed by atoms with E-state index in [0.717, 1.165) is 0 Å². The van der Waals surface area contributed by atoms with Crippen molar-refractivity contribution in [1.29, 1.82) is 0 Å². The van der Waals surface area contributed by atoms with Crippen molar-refractivity contribution in [3.63, 3.8) is 0 Å². The molecule has 0 aliphatic rings. The fourth-order valence-corrected chi connectivity index (χ4v) is 0.661. The molecule has 12 heavy (non-hydrogen) atoms. The number of esters is 1. The first-order valence-electron chi connectivity index (χ1n) is 4.14. The Hall–Kier alpha value is -0.830. The molecule has 0 heterocycles. The van der Waals surface area contributed by atoms with Gasteiger partial charge in [0.2, 0.25) is 0 Å². The van der Waals surface area contributed by atoms with Crippen LogP contribution in [0.15, 0.2) is 12.2 Å². The molecule has 0 amide bonds. The van der Waals surface area contributed by atoms with Crippen LogP contribution in [-0.4, -0.2) is 24.3 Å². The van der Waals surface area contributed by atoms with E-state index in [2.05, 4.69) is 4.74 Å². The van der Waals surface area contributed by atoms with Crippen LogP contribution < -0.4 is 0 Å². The Morgan fingerprint density at radius 1 is 1.67 bits per heavy atom. The Morgan fingerprint density at radius 3 is 2.83 bits per heavy atom. The van der Waals surface area contributed by atoms with Crippen LogP contribution in [-0.2, 0) is 9.53 Å². The molecule has 0 bridgehead atoms. The molecular weight excluding hydrogens is 156 g/mol. The van der Waals surface area contributed by atoms with Gasteiger partial charge in [0.15, 0.2) is 0 Å². The van der Waals surface area contributed by atoms with E-state index in [1.54, 1.807) is 13.0 Å². The van der Waals surface area contributed by atoms with Crippen molar-refractivity contribution >= 4 is 5.97 Å². The lowest BCUT2D eigenvalue weighted by molar-refractivity contribution is -0.137. The molecule has 70 valence electrons. The Kier molecular flexibility index (Phi) is 6.38. The summed E-state index contributed by atoms with van der Waals surface area (Å²) in [6.07, 6.45) is 3.82. The van der Waals surface area contributed by atoms with E-state index in [0.29, 0.717) is 13.0 Å². The van der Waals surface area contributed by atoms with Crippen LogP contribution in [0.3, 0.4) is 0 Å². The summed E-state index contributed by atoms with van der Waals surface area (Å²) in [5.74, 6) is -0.113. The zero-order valence-corrected chi connectivity index (χ0v) is 7.62. The fraction of sp³-hybridized carbons (Fsp3) is 0.667. The van der Waals surface area contributed by atoms with Gasteiger partial charge in [0, 0.05) is 12.7 Å². The number of carbonyl (C=O) groups excluding carboxylic acids is 1. The topological polar surface area (TPSA) is 46.5 Å². The SMILES string of the molecule is CCOC(=O)/C=C\C[C@H](C)CO. The van der Waals surface area contributed by atoms with Gasteiger partial charge >= 0.3 is 5.97 Å². The van der Waals surface area contributed by atoms with E-state index in [1.165, 1.54) is 6.08 Å². The molecule has 0 aromatic heterocycles. The maximum atomic E-state index is 10.7. The highest BCUT2D eigenvalue weighted by Gasteiger charge is 1.97. The van der Waals surface area contributed by atoms with Gasteiger partial charge in [-0.25, -0.2) is 4.79 Å². The maximum absolute atomic E-state index is 10.7. The molecule has 0 spiro atoms. The van der Waals surface area contributed by atoms with Crippen molar-refractivity contribution < 1.29 is 14.6 Å². The average Bonchev–Trinajstić information content (AvgIpc) is 2.04. The van der Waals surface area contributed by atoms with Crippen LogP contribution in [0.25, 0.3) is 0 Å². The van der Waals surface area contributed by atoms with E-state index in [1.807, 2.05) is 6.92 Å². The zero-order valence-electron chi connectivity index (χ0n) is 7.62. The van der Waals surface area contributed by atoms with Gasteiger partial charge in [-0.1, -0.05) is 13.0 Å². The third-order valence-electron chi connectivity index (χ3n) is 1.39. The summed E-state index contributed by atoms with van der Waals surface area (Å²) in [6, 6.07) is 0. The number of carbonyl (C=O) groups is 1. The van der Waals surface area contributed by atoms with Gasteiger partial charge in [0.25, 0.3) is 0 Å². The van der Waals surface area contributed by atoms with E-state index < -0.39 is 0 Å². The molecule has 0 fully saturated rings. The normalized spacial score (nSPS) is 13.2. The van der Waals surface area contributed by atoms with E-state index in [-0.39, 0.29) is 18.5 Å². The van der Waals surface area contributed by atoms with Gasteiger partial charge in [-0.15, -0.1) is 0 Å². The summed E-state index contributed by atoms with van der Waals surface area (Å²) in [7, 11) is 0. The minimum absolute atomic E-state index is 0.146. The second kappa shape index (κ2) is 6.85. The van der Waals surface area contributed by atoms with Gasteiger partial charge < -0.3 is 9.84 Å². The summed E-state index contributed by atoms with van der Waals surface area (Å²) >= 11 is 0. The number of hydrogen-bond acceptors (Lipinski definition) is 3. The minimum Gasteiger partial charge on any atom is -0.463 e. The first-order valence-corrected chi connectivity index (χ1v) is 4.14. The van der Waals surface area contributed by atoms with E-state index in [4.69, 9.17) is 5.11 Å². The third kappa shape index (κ3) is 5.92. The van der Waals surface area contributed by atoms with Crippen molar-refractivity contribution in [2.45, 2.75) is 20.3 Å². The quantitative estimate of drug-likeness (QED) is 0.499. The number of hydrogen-bond donors (Lipinski definition) is 1.